The molecule has 1 atom stereocenters. The zero-order valence-corrected chi connectivity index (χ0v) is 12.1. The highest BCUT2D eigenvalue weighted by Crippen LogP contribution is 2.40. The van der Waals surface area contributed by atoms with Crippen molar-refractivity contribution in [2.24, 2.45) is 0 Å². The third-order valence-corrected chi connectivity index (χ3v) is 3.27. The smallest absolute Gasteiger partial charge is 0.397 e. The van der Waals surface area contributed by atoms with Crippen LogP contribution in [-0.2, 0) is 6.18 Å². The minimum atomic E-state index is -4.58. The molecule has 0 aromatic heterocycles. The van der Waals surface area contributed by atoms with E-state index in [-0.39, 0.29) is 10.7 Å². The second-order valence-corrected chi connectivity index (χ2v) is 4.97. The van der Waals surface area contributed by atoms with E-state index < -0.39 is 23.7 Å². The molecule has 0 fully saturated rings. The first kappa shape index (κ1) is 16.9. The van der Waals surface area contributed by atoms with Gasteiger partial charge in [-0.15, -0.1) is 0 Å². The molecular formula is C13H18ClF3N2O. The molecular weight excluding hydrogens is 293 g/mol. The summed E-state index contributed by atoms with van der Waals surface area (Å²) < 4.78 is 38.7. The van der Waals surface area contributed by atoms with Crippen LogP contribution in [0.2, 0.25) is 5.02 Å². The summed E-state index contributed by atoms with van der Waals surface area (Å²) in [5.41, 5.74) is 4.11. The SMILES string of the molecule is CCCCN(c1cc(Cl)c(N)c(C(F)(F)F)c1)C(C)O. The molecule has 0 saturated heterocycles. The third-order valence-electron chi connectivity index (χ3n) is 2.95. The van der Waals surface area contributed by atoms with Gasteiger partial charge in [0, 0.05) is 12.2 Å². The molecule has 1 unspecified atom stereocenters. The molecule has 114 valence electrons. The molecule has 0 aliphatic rings. The fourth-order valence-electron chi connectivity index (χ4n) is 1.86. The van der Waals surface area contributed by atoms with Gasteiger partial charge in [-0.2, -0.15) is 13.2 Å². The molecule has 0 aliphatic carbocycles. The number of halogens is 4. The molecule has 0 amide bonds. The first-order valence-electron chi connectivity index (χ1n) is 6.29. The normalized spacial score (nSPS) is 13.3. The van der Waals surface area contributed by atoms with E-state index in [1.165, 1.54) is 17.9 Å². The van der Waals surface area contributed by atoms with Crippen LogP contribution in [0.5, 0.6) is 0 Å². The Labute approximate surface area is 121 Å². The van der Waals surface area contributed by atoms with E-state index in [2.05, 4.69) is 0 Å². The monoisotopic (exact) mass is 310 g/mol. The minimum absolute atomic E-state index is 0.169. The standard InChI is InChI=1S/C13H18ClF3N2O/c1-3-4-5-19(8(2)20)9-6-10(13(15,16)17)12(18)11(14)7-9/h6-8,20H,3-5,18H2,1-2H3. The lowest BCUT2D eigenvalue weighted by Crippen LogP contribution is -2.34. The lowest BCUT2D eigenvalue weighted by molar-refractivity contribution is -0.136. The van der Waals surface area contributed by atoms with Gasteiger partial charge in [0.1, 0.15) is 6.23 Å². The summed E-state index contributed by atoms with van der Waals surface area (Å²) in [6.45, 7) is 3.89. The van der Waals surface area contributed by atoms with Gasteiger partial charge in [-0.3, -0.25) is 0 Å². The second-order valence-electron chi connectivity index (χ2n) is 4.57. The van der Waals surface area contributed by atoms with E-state index >= 15 is 0 Å². The molecule has 7 heteroatoms. The third kappa shape index (κ3) is 3.93. The highest BCUT2D eigenvalue weighted by molar-refractivity contribution is 6.33. The Bertz CT molecular complexity index is 464. The van der Waals surface area contributed by atoms with Crippen LogP contribution in [0.25, 0.3) is 0 Å². The maximum atomic E-state index is 12.9. The van der Waals surface area contributed by atoms with Crippen molar-refractivity contribution in [3.8, 4) is 0 Å². The number of anilines is 2. The Morgan fingerprint density at radius 3 is 2.45 bits per heavy atom. The Kier molecular flexibility index (Phi) is 5.53. The summed E-state index contributed by atoms with van der Waals surface area (Å²) in [4.78, 5) is 1.46. The number of nitrogens with two attached hydrogens (primary N) is 1. The van der Waals surface area contributed by atoms with Crippen molar-refractivity contribution in [2.45, 2.75) is 39.1 Å². The average Bonchev–Trinajstić information content (AvgIpc) is 2.31. The maximum absolute atomic E-state index is 12.9. The fraction of sp³-hybridized carbons (Fsp3) is 0.538. The molecule has 0 bridgehead atoms. The van der Waals surface area contributed by atoms with E-state index in [1.807, 2.05) is 6.92 Å². The molecule has 3 nitrogen and oxygen atoms in total. The minimum Gasteiger partial charge on any atom is -0.397 e. The van der Waals surface area contributed by atoms with Gasteiger partial charge in [-0.1, -0.05) is 24.9 Å². The number of hydrogen-bond donors (Lipinski definition) is 2. The van der Waals surface area contributed by atoms with Crippen molar-refractivity contribution >= 4 is 23.0 Å². The van der Waals surface area contributed by atoms with E-state index in [4.69, 9.17) is 17.3 Å². The van der Waals surface area contributed by atoms with Crippen LogP contribution in [0.4, 0.5) is 24.5 Å². The summed E-state index contributed by atoms with van der Waals surface area (Å²) in [5, 5.41) is 9.55. The summed E-state index contributed by atoms with van der Waals surface area (Å²) in [7, 11) is 0. The Morgan fingerprint density at radius 2 is 2.00 bits per heavy atom. The predicted octanol–water partition coefficient (Wildman–Crippen LogP) is 3.89. The van der Waals surface area contributed by atoms with Crippen molar-refractivity contribution in [1.82, 2.24) is 0 Å². The molecule has 1 aromatic carbocycles. The summed E-state index contributed by atoms with van der Waals surface area (Å²) in [6, 6.07) is 2.26. The molecule has 0 heterocycles. The van der Waals surface area contributed by atoms with Crippen LogP contribution >= 0.6 is 11.6 Å². The van der Waals surface area contributed by atoms with Crippen molar-refractivity contribution in [1.29, 1.82) is 0 Å². The Hall–Kier alpha value is -1.14. The van der Waals surface area contributed by atoms with Gasteiger partial charge in [0.2, 0.25) is 0 Å². The molecule has 0 aliphatic heterocycles. The highest BCUT2D eigenvalue weighted by atomic mass is 35.5. The van der Waals surface area contributed by atoms with Gasteiger partial charge in [-0.25, -0.2) is 0 Å². The number of aliphatic hydroxyl groups excluding tert-OH is 1. The second kappa shape index (κ2) is 6.54. The summed E-state index contributed by atoms with van der Waals surface area (Å²) in [6.07, 6.45) is -3.90. The molecule has 3 N–H and O–H groups in total. The molecule has 0 saturated carbocycles. The molecule has 0 spiro atoms. The van der Waals surface area contributed by atoms with Crippen molar-refractivity contribution in [2.75, 3.05) is 17.2 Å². The number of unbranched alkanes of at least 4 members (excludes halogenated alkanes) is 1. The topological polar surface area (TPSA) is 49.5 Å². The number of rotatable bonds is 5. The van der Waals surface area contributed by atoms with Gasteiger partial charge in [-0.05, 0) is 25.5 Å². The van der Waals surface area contributed by atoms with Gasteiger partial charge >= 0.3 is 6.18 Å². The first-order valence-corrected chi connectivity index (χ1v) is 6.67. The van der Waals surface area contributed by atoms with E-state index in [0.29, 0.717) is 6.54 Å². The average molecular weight is 311 g/mol. The van der Waals surface area contributed by atoms with Crippen molar-refractivity contribution in [3.63, 3.8) is 0 Å². The lowest BCUT2D eigenvalue weighted by atomic mass is 10.1. The zero-order chi connectivity index (χ0) is 15.5. The van der Waals surface area contributed by atoms with Crippen LogP contribution < -0.4 is 10.6 Å². The predicted molar refractivity (Wildman–Crippen MR) is 74.8 cm³/mol. The van der Waals surface area contributed by atoms with Gasteiger partial charge in [0.05, 0.1) is 16.3 Å². The molecule has 20 heavy (non-hydrogen) atoms. The van der Waals surface area contributed by atoms with E-state index in [9.17, 15) is 18.3 Å². The van der Waals surface area contributed by atoms with Crippen LogP contribution in [0, 0.1) is 0 Å². The summed E-state index contributed by atoms with van der Waals surface area (Å²) >= 11 is 5.77. The van der Waals surface area contributed by atoms with Crippen LogP contribution in [-0.4, -0.2) is 17.9 Å². The maximum Gasteiger partial charge on any atom is 0.418 e. The van der Waals surface area contributed by atoms with Gasteiger partial charge in [0.15, 0.2) is 0 Å². The number of aliphatic hydroxyl groups is 1. The quantitative estimate of drug-likeness (QED) is 0.641. The van der Waals surface area contributed by atoms with Gasteiger partial charge < -0.3 is 15.7 Å². The number of benzene rings is 1. The summed E-state index contributed by atoms with van der Waals surface area (Å²) in [5.74, 6) is 0. The first-order chi connectivity index (χ1) is 9.18. The van der Waals surface area contributed by atoms with Crippen LogP contribution in [0.15, 0.2) is 12.1 Å². The number of nitrogens with zero attached hydrogens (tertiary/aromatic N) is 1. The largest absolute Gasteiger partial charge is 0.418 e. The number of hydrogen-bond acceptors (Lipinski definition) is 3. The van der Waals surface area contributed by atoms with Crippen molar-refractivity contribution in [3.05, 3.63) is 22.7 Å². The highest BCUT2D eigenvalue weighted by Gasteiger charge is 2.35. The Morgan fingerprint density at radius 1 is 1.40 bits per heavy atom. The number of alkyl halides is 3. The number of nitrogen functional groups attached to an aromatic ring is 1. The van der Waals surface area contributed by atoms with E-state index in [0.717, 1.165) is 18.9 Å². The molecule has 1 rings (SSSR count). The molecule has 0 radical (unpaired) electrons. The lowest BCUT2D eigenvalue weighted by Gasteiger charge is -2.29. The molecule has 1 aromatic rings. The fourth-order valence-corrected chi connectivity index (χ4v) is 2.08. The zero-order valence-electron chi connectivity index (χ0n) is 11.3. The Balaban J connectivity index is 3.26. The van der Waals surface area contributed by atoms with Crippen molar-refractivity contribution < 1.29 is 18.3 Å². The van der Waals surface area contributed by atoms with E-state index in [1.54, 1.807) is 0 Å². The van der Waals surface area contributed by atoms with Crippen LogP contribution in [0.1, 0.15) is 32.3 Å². The van der Waals surface area contributed by atoms with Gasteiger partial charge in [0.25, 0.3) is 0 Å². The van der Waals surface area contributed by atoms with Crippen LogP contribution in [0.3, 0.4) is 0 Å².